The summed E-state index contributed by atoms with van der Waals surface area (Å²) in [5.74, 6) is -1.52. The van der Waals surface area contributed by atoms with Crippen molar-refractivity contribution >= 4 is 23.2 Å². The summed E-state index contributed by atoms with van der Waals surface area (Å²) in [6.45, 7) is 4.09. The molecule has 0 radical (unpaired) electrons. The van der Waals surface area contributed by atoms with Gasteiger partial charge in [-0.05, 0) is 37.5 Å². The number of carbonyl (C=O) groups is 2. The smallest absolute Gasteiger partial charge is 0.318 e. The van der Waals surface area contributed by atoms with E-state index in [0.717, 1.165) is 42.5 Å². The average molecular weight is 351 g/mol. The molecule has 5 heteroatoms. The molecule has 2 amide bonds. The van der Waals surface area contributed by atoms with E-state index < -0.39 is 11.8 Å². The number of hydrogen-bond acceptors (Lipinski definition) is 3. The van der Waals surface area contributed by atoms with E-state index in [1.807, 2.05) is 49.4 Å². The number of hydrogen-bond donors (Lipinski definition) is 2. The van der Waals surface area contributed by atoms with Gasteiger partial charge in [0.1, 0.15) is 0 Å². The second-order valence-corrected chi connectivity index (χ2v) is 6.14. The van der Waals surface area contributed by atoms with Gasteiger partial charge in [0.25, 0.3) is 0 Å². The molecule has 0 aliphatic rings. The molecule has 2 aromatic carbocycles. The highest BCUT2D eigenvalue weighted by molar-refractivity contribution is 6.39. The summed E-state index contributed by atoms with van der Waals surface area (Å²) < 4.78 is 0. The van der Waals surface area contributed by atoms with Crippen LogP contribution < -0.4 is 10.7 Å². The molecule has 136 valence electrons. The Morgan fingerprint density at radius 3 is 2.27 bits per heavy atom. The van der Waals surface area contributed by atoms with Crippen molar-refractivity contribution in [2.45, 2.75) is 39.5 Å². The summed E-state index contributed by atoms with van der Waals surface area (Å²) in [5.41, 5.74) is 5.75. The summed E-state index contributed by atoms with van der Waals surface area (Å²) in [6.07, 6.45) is 3.93. The van der Waals surface area contributed by atoms with Crippen molar-refractivity contribution in [1.82, 2.24) is 5.43 Å². The van der Waals surface area contributed by atoms with Crippen LogP contribution in [0.1, 0.15) is 43.7 Å². The standard InChI is InChI=1S/C21H25N3O2/c1-3-4-6-11-19(17-9-7-5-8-10-17)23-24-21(26)20(25)22-18-14-12-16(2)13-15-18/h5,7-10,12-15H,3-4,6,11H2,1-2H3,(H,22,25)(H,24,26)/b23-19-. The van der Waals surface area contributed by atoms with E-state index in [9.17, 15) is 9.59 Å². The number of nitrogens with zero attached hydrogens (tertiary/aromatic N) is 1. The van der Waals surface area contributed by atoms with Gasteiger partial charge in [0, 0.05) is 5.69 Å². The summed E-state index contributed by atoms with van der Waals surface area (Å²) >= 11 is 0. The third-order valence-electron chi connectivity index (χ3n) is 3.93. The minimum Gasteiger partial charge on any atom is -0.318 e. The Labute approximate surface area is 154 Å². The number of rotatable bonds is 7. The Hall–Kier alpha value is -2.95. The second kappa shape index (κ2) is 10.1. The number of aryl methyl sites for hydroxylation is 1. The monoisotopic (exact) mass is 351 g/mol. The van der Waals surface area contributed by atoms with Crippen molar-refractivity contribution in [2.75, 3.05) is 5.32 Å². The van der Waals surface area contributed by atoms with Gasteiger partial charge in [-0.15, -0.1) is 0 Å². The SMILES string of the molecule is CCCCC/C(=N/NC(=O)C(=O)Nc1ccc(C)cc1)c1ccccc1. The van der Waals surface area contributed by atoms with Crippen molar-refractivity contribution in [1.29, 1.82) is 0 Å². The molecule has 0 saturated heterocycles. The number of hydrazone groups is 1. The number of unbranched alkanes of at least 4 members (excludes halogenated alkanes) is 2. The summed E-state index contributed by atoms with van der Waals surface area (Å²) in [7, 11) is 0. The lowest BCUT2D eigenvalue weighted by Crippen LogP contribution is -2.33. The van der Waals surface area contributed by atoms with Gasteiger partial charge in [0.15, 0.2) is 0 Å². The van der Waals surface area contributed by atoms with Crippen LogP contribution in [-0.4, -0.2) is 17.5 Å². The van der Waals surface area contributed by atoms with E-state index in [2.05, 4.69) is 22.8 Å². The number of amides is 2. The van der Waals surface area contributed by atoms with Crippen LogP contribution in [0.25, 0.3) is 0 Å². The van der Waals surface area contributed by atoms with E-state index in [1.54, 1.807) is 12.1 Å². The van der Waals surface area contributed by atoms with E-state index >= 15 is 0 Å². The molecule has 0 aliphatic heterocycles. The Balaban J connectivity index is 2.01. The maximum Gasteiger partial charge on any atom is 0.329 e. The maximum atomic E-state index is 12.0. The van der Waals surface area contributed by atoms with Gasteiger partial charge in [-0.2, -0.15) is 5.10 Å². The first kappa shape index (κ1) is 19.4. The van der Waals surface area contributed by atoms with Gasteiger partial charge in [0.2, 0.25) is 0 Å². The summed E-state index contributed by atoms with van der Waals surface area (Å²) in [4.78, 5) is 24.1. The Morgan fingerprint density at radius 2 is 1.62 bits per heavy atom. The van der Waals surface area contributed by atoms with E-state index in [1.165, 1.54) is 0 Å². The highest BCUT2D eigenvalue weighted by atomic mass is 16.2. The molecule has 0 bridgehead atoms. The van der Waals surface area contributed by atoms with Crippen LogP contribution in [0.2, 0.25) is 0 Å². The Kier molecular flexibility index (Phi) is 7.55. The molecule has 0 unspecified atom stereocenters. The molecule has 0 aromatic heterocycles. The fourth-order valence-electron chi connectivity index (χ4n) is 2.43. The van der Waals surface area contributed by atoms with Gasteiger partial charge in [-0.3, -0.25) is 9.59 Å². The van der Waals surface area contributed by atoms with Crippen LogP contribution >= 0.6 is 0 Å². The van der Waals surface area contributed by atoms with Crippen molar-refractivity contribution in [3.05, 3.63) is 65.7 Å². The molecule has 2 aromatic rings. The molecule has 0 fully saturated rings. The van der Waals surface area contributed by atoms with Crippen LogP contribution in [0.3, 0.4) is 0 Å². The average Bonchev–Trinajstić information content (AvgIpc) is 2.66. The molecular weight excluding hydrogens is 326 g/mol. The first-order chi connectivity index (χ1) is 12.6. The molecule has 0 heterocycles. The lowest BCUT2D eigenvalue weighted by atomic mass is 10.0. The zero-order valence-corrected chi connectivity index (χ0v) is 15.3. The summed E-state index contributed by atoms with van der Waals surface area (Å²) in [6, 6.07) is 16.9. The lowest BCUT2D eigenvalue weighted by molar-refractivity contribution is -0.136. The fraction of sp³-hybridized carbons (Fsp3) is 0.286. The van der Waals surface area contributed by atoms with E-state index in [0.29, 0.717) is 5.69 Å². The first-order valence-corrected chi connectivity index (χ1v) is 8.90. The van der Waals surface area contributed by atoms with Crippen LogP contribution in [-0.2, 0) is 9.59 Å². The molecule has 0 atom stereocenters. The molecule has 26 heavy (non-hydrogen) atoms. The first-order valence-electron chi connectivity index (χ1n) is 8.90. The van der Waals surface area contributed by atoms with Crippen LogP contribution in [0.5, 0.6) is 0 Å². The molecule has 2 rings (SSSR count). The lowest BCUT2D eigenvalue weighted by Gasteiger charge is -2.08. The van der Waals surface area contributed by atoms with Crippen LogP contribution in [0, 0.1) is 6.92 Å². The van der Waals surface area contributed by atoms with Crippen LogP contribution in [0.4, 0.5) is 5.69 Å². The number of benzene rings is 2. The zero-order valence-electron chi connectivity index (χ0n) is 15.3. The largest absolute Gasteiger partial charge is 0.329 e. The second-order valence-electron chi connectivity index (χ2n) is 6.14. The number of anilines is 1. The zero-order chi connectivity index (χ0) is 18.8. The Morgan fingerprint density at radius 1 is 0.923 bits per heavy atom. The van der Waals surface area contributed by atoms with Crippen molar-refractivity contribution < 1.29 is 9.59 Å². The number of carbonyl (C=O) groups excluding carboxylic acids is 2. The van der Waals surface area contributed by atoms with Gasteiger partial charge in [-0.1, -0.05) is 67.8 Å². The highest BCUT2D eigenvalue weighted by Crippen LogP contribution is 2.10. The number of nitrogens with one attached hydrogen (secondary N) is 2. The van der Waals surface area contributed by atoms with E-state index in [4.69, 9.17) is 0 Å². The van der Waals surface area contributed by atoms with Gasteiger partial charge < -0.3 is 5.32 Å². The molecule has 0 spiro atoms. The van der Waals surface area contributed by atoms with Crippen LogP contribution in [0.15, 0.2) is 59.7 Å². The van der Waals surface area contributed by atoms with Gasteiger partial charge >= 0.3 is 11.8 Å². The van der Waals surface area contributed by atoms with Gasteiger partial charge in [-0.25, -0.2) is 5.43 Å². The molecular formula is C21H25N3O2. The normalized spacial score (nSPS) is 11.1. The predicted octanol–water partition coefficient (Wildman–Crippen LogP) is 4.03. The molecule has 0 aliphatic carbocycles. The maximum absolute atomic E-state index is 12.0. The van der Waals surface area contributed by atoms with Gasteiger partial charge in [0.05, 0.1) is 5.71 Å². The quantitative estimate of drug-likeness (QED) is 0.342. The highest BCUT2D eigenvalue weighted by Gasteiger charge is 2.14. The summed E-state index contributed by atoms with van der Waals surface area (Å²) in [5, 5.41) is 6.76. The Bertz CT molecular complexity index is 753. The van der Waals surface area contributed by atoms with Crippen molar-refractivity contribution in [3.63, 3.8) is 0 Å². The fourth-order valence-corrected chi connectivity index (χ4v) is 2.43. The van der Waals surface area contributed by atoms with Crippen molar-refractivity contribution in [2.24, 2.45) is 5.10 Å². The van der Waals surface area contributed by atoms with Crippen molar-refractivity contribution in [3.8, 4) is 0 Å². The molecule has 0 saturated carbocycles. The minimum atomic E-state index is -0.783. The third-order valence-corrected chi connectivity index (χ3v) is 3.93. The van der Waals surface area contributed by atoms with E-state index in [-0.39, 0.29) is 0 Å². The topological polar surface area (TPSA) is 70.6 Å². The molecule has 2 N–H and O–H groups in total. The minimum absolute atomic E-state index is 0.575. The third kappa shape index (κ3) is 6.16. The molecule has 5 nitrogen and oxygen atoms in total. The predicted molar refractivity (Wildman–Crippen MR) is 105 cm³/mol.